The van der Waals surface area contributed by atoms with Crippen LogP contribution in [0, 0.1) is 11.3 Å². The first-order valence-electron chi connectivity index (χ1n) is 5.80. The Kier molecular flexibility index (Phi) is 6.17. The molecule has 1 aromatic rings. The summed E-state index contributed by atoms with van der Waals surface area (Å²) in [5.41, 5.74) is 0.355. The Labute approximate surface area is 126 Å². The smallest absolute Gasteiger partial charge is 0.0325 e. The molecular formula is C13H21Br2NS. The van der Waals surface area contributed by atoms with Gasteiger partial charge in [-0.2, -0.15) is 0 Å². The largest absolute Gasteiger partial charge is 0.301 e. The van der Waals surface area contributed by atoms with Crippen LogP contribution in [0.2, 0.25) is 0 Å². The minimum atomic E-state index is 0.355. The maximum absolute atomic E-state index is 3.64. The zero-order valence-corrected chi connectivity index (χ0v) is 15.0. The lowest BCUT2D eigenvalue weighted by Crippen LogP contribution is -2.33. The summed E-state index contributed by atoms with van der Waals surface area (Å²) in [6.45, 7) is 9.11. The van der Waals surface area contributed by atoms with Gasteiger partial charge in [0.05, 0.1) is 0 Å². The Hall–Kier alpha value is 0.620. The number of hydrogen-bond acceptors (Lipinski definition) is 2. The average Bonchev–Trinajstić information content (AvgIpc) is 2.58. The average molecular weight is 383 g/mol. The van der Waals surface area contributed by atoms with Crippen molar-refractivity contribution < 1.29 is 0 Å². The second-order valence-electron chi connectivity index (χ2n) is 5.65. The predicted molar refractivity (Wildman–Crippen MR) is 85.1 cm³/mol. The first-order chi connectivity index (χ1) is 7.82. The van der Waals surface area contributed by atoms with Crippen LogP contribution >= 0.6 is 43.2 Å². The number of thiophene rings is 1. The monoisotopic (exact) mass is 381 g/mol. The maximum atomic E-state index is 3.64. The van der Waals surface area contributed by atoms with Gasteiger partial charge in [-0.15, -0.1) is 11.3 Å². The van der Waals surface area contributed by atoms with E-state index in [9.17, 15) is 0 Å². The Morgan fingerprint density at radius 1 is 1.41 bits per heavy atom. The van der Waals surface area contributed by atoms with Crippen LogP contribution in [0.1, 0.15) is 25.6 Å². The third-order valence-electron chi connectivity index (χ3n) is 2.99. The van der Waals surface area contributed by atoms with E-state index in [1.807, 2.05) is 11.3 Å². The van der Waals surface area contributed by atoms with Crippen molar-refractivity contribution in [2.45, 2.75) is 27.3 Å². The molecule has 1 rings (SSSR count). The van der Waals surface area contributed by atoms with Gasteiger partial charge in [0.25, 0.3) is 0 Å². The quantitative estimate of drug-likeness (QED) is 0.647. The van der Waals surface area contributed by atoms with E-state index < -0.39 is 0 Å². The molecule has 4 heteroatoms. The van der Waals surface area contributed by atoms with Crippen LogP contribution in [0.3, 0.4) is 0 Å². The molecule has 1 atom stereocenters. The Morgan fingerprint density at radius 2 is 2.06 bits per heavy atom. The minimum Gasteiger partial charge on any atom is -0.301 e. The van der Waals surface area contributed by atoms with Crippen LogP contribution in [0.25, 0.3) is 0 Å². The predicted octanol–water partition coefficient (Wildman–Crippen LogP) is 5.00. The molecule has 0 saturated carbocycles. The van der Waals surface area contributed by atoms with Gasteiger partial charge in [0.2, 0.25) is 0 Å². The first-order valence-corrected chi connectivity index (χ1v) is 8.59. The minimum absolute atomic E-state index is 0.355. The molecule has 0 radical (unpaired) electrons. The molecule has 0 spiro atoms. The summed E-state index contributed by atoms with van der Waals surface area (Å²) >= 11 is 8.96. The summed E-state index contributed by atoms with van der Waals surface area (Å²) < 4.78 is 1.19. The van der Waals surface area contributed by atoms with Gasteiger partial charge in [0.1, 0.15) is 0 Å². The fourth-order valence-corrected chi connectivity index (χ4v) is 4.40. The van der Waals surface area contributed by atoms with Gasteiger partial charge in [-0.25, -0.2) is 0 Å². The van der Waals surface area contributed by atoms with Gasteiger partial charge in [-0.05, 0) is 40.4 Å². The van der Waals surface area contributed by atoms with Gasteiger partial charge in [0, 0.05) is 33.1 Å². The summed E-state index contributed by atoms with van der Waals surface area (Å²) in [5.74, 6) is 0.677. The van der Waals surface area contributed by atoms with E-state index in [4.69, 9.17) is 0 Å². The Bertz CT molecular complexity index is 343. The van der Waals surface area contributed by atoms with E-state index in [-0.39, 0.29) is 0 Å². The van der Waals surface area contributed by atoms with Crippen LogP contribution in [-0.4, -0.2) is 23.8 Å². The third-order valence-corrected chi connectivity index (χ3v) is 5.45. The molecular weight excluding hydrogens is 362 g/mol. The fraction of sp³-hybridized carbons (Fsp3) is 0.692. The molecule has 98 valence electrons. The first kappa shape index (κ1) is 15.7. The standard InChI is InChI=1S/C13H21Br2NS/c1-13(2,3)10(6-14)7-16(4)8-12-5-11(15)9-17-12/h5,9-10H,6-8H2,1-4H3. The normalized spacial score (nSPS) is 14.3. The van der Waals surface area contributed by atoms with Crippen molar-refractivity contribution in [2.75, 3.05) is 18.9 Å². The van der Waals surface area contributed by atoms with Crippen molar-refractivity contribution in [3.8, 4) is 0 Å². The lowest BCUT2D eigenvalue weighted by atomic mass is 9.82. The lowest BCUT2D eigenvalue weighted by molar-refractivity contribution is 0.184. The maximum Gasteiger partial charge on any atom is 0.0325 e. The molecule has 0 N–H and O–H groups in total. The van der Waals surface area contributed by atoms with Crippen molar-refractivity contribution in [2.24, 2.45) is 11.3 Å². The SMILES string of the molecule is CN(Cc1cc(Br)cs1)CC(CBr)C(C)(C)C. The Morgan fingerprint density at radius 3 is 2.47 bits per heavy atom. The molecule has 0 aliphatic heterocycles. The molecule has 0 fully saturated rings. The molecule has 0 aliphatic carbocycles. The molecule has 1 aromatic heterocycles. The van der Waals surface area contributed by atoms with Crippen molar-refractivity contribution in [1.82, 2.24) is 4.90 Å². The zero-order chi connectivity index (χ0) is 13.1. The highest BCUT2D eigenvalue weighted by Crippen LogP contribution is 2.29. The van der Waals surface area contributed by atoms with Gasteiger partial charge in [-0.3, -0.25) is 0 Å². The van der Waals surface area contributed by atoms with Crippen molar-refractivity contribution >= 4 is 43.2 Å². The number of hydrogen-bond donors (Lipinski definition) is 0. The molecule has 1 heterocycles. The van der Waals surface area contributed by atoms with Crippen LogP contribution in [-0.2, 0) is 6.54 Å². The molecule has 0 bridgehead atoms. The highest BCUT2D eigenvalue weighted by molar-refractivity contribution is 9.10. The summed E-state index contributed by atoms with van der Waals surface area (Å²) in [4.78, 5) is 3.83. The summed E-state index contributed by atoms with van der Waals surface area (Å²) in [7, 11) is 2.20. The van der Waals surface area contributed by atoms with Gasteiger partial charge in [-0.1, -0.05) is 36.7 Å². The van der Waals surface area contributed by atoms with E-state index in [2.05, 4.69) is 76.0 Å². The molecule has 0 amide bonds. The number of alkyl halides is 1. The van der Waals surface area contributed by atoms with E-state index >= 15 is 0 Å². The molecule has 0 aromatic carbocycles. The van der Waals surface area contributed by atoms with Crippen molar-refractivity contribution in [1.29, 1.82) is 0 Å². The van der Waals surface area contributed by atoms with Gasteiger partial charge >= 0.3 is 0 Å². The fourth-order valence-electron chi connectivity index (χ4n) is 1.70. The van der Waals surface area contributed by atoms with E-state index in [0.29, 0.717) is 11.3 Å². The highest BCUT2D eigenvalue weighted by Gasteiger charge is 2.24. The van der Waals surface area contributed by atoms with Crippen LogP contribution in [0.5, 0.6) is 0 Å². The molecule has 0 aliphatic rings. The molecule has 1 nitrogen and oxygen atoms in total. The lowest BCUT2D eigenvalue weighted by Gasteiger charge is -2.32. The highest BCUT2D eigenvalue weighted by atomic mass is 79.9. The number of rotatable bonds is 5. The van der Waals surface area contributed by atoms with E-state index in [1.54, 1.807) is 0 Å². The third kappa shape index (κ3) is 5.41. The number of halogens is 2. The van der Waals surface area contributed by atoms with Crippen LogP contribution in [0.4, 0.5) is 0 Å². The van der Waals surface area contributed by atoms with Crippen molar-refractivity contribution in [3.63, 3.8) is 0 Å². The summed E-state index contributed by atoms with van der Waals surface area (Å²) in [5, 5.41) is 3.21. The zero-order valence-electron chi connectivity index (χ0n) is 11.0. The van der Waals surface area contributed by atoms with E-state index in [0.717, 1.165) is 18.4 Å². The van der Waals surface area contributed by atoms with Gasteiger partial charge < -0.3 is 4.90 Å². The molecule has 0 saturated heterocycles. The molecule has 17 heavy (non-hydrogen) atoms. The molecule has 1 unspecified atom stereocenters. The number of nitrogens with zero attached hydrogens (tertiary/aromatic N) is 1. The van der Waals surface area contributed by atoms with E-state index in [1.165, 1.54) is 9.35 Å². The van der Waals surface area contributed by atoms with Crippen LogP contribution < -0.4 is 0 Å². The second-order valence-corrected chi connectivity index (χ2v) is 8.20. The summed E-state index contributed by atoms with van der Waals surface area (Å²) in [6.07, 6.45) is 0. The second kappa shape index (κ2) is 6.69. The van der Waals surface area contributed by atoms with Crippen molar-refractivity contribution in [3.05, 3.63) is 20.8 Å². The van der Waals surface area contributed by atoms with Gasteiger partial charge in [0.15, 0.2) is 0 Å². The topological polar surface area (TPSA) is 3.24 Å². The summed E-state index contributed by atoms with van der Waals surface area (Å²) in [6, 6.07) is 2.21. The van der Waals surface area contributed by atoms with Crippen LogP contribution in [0.15, 0.2) is 15.9 Å². The Balaban J connectivity index is 2.51.